The van der Waals surface area contributed by atoms with Crippen LogP contribution in [0.15, 0.2) is 29.4 Å². The number of nitrogens with zero attached hydrogens (tertiary/aromatic N) is 3. The lowest BCUT2D eigenvalue weighted by Crippen LogP contribution is -2.12. The summed E-state index contributed by atoms with van der Waals surface area (Å²) in [4.78, 5) is 21.1. The second-order valence-corrected chi connectivity index (χ2v) is 3.26. The second kappa shape index (κ2) is 6.10. The lowest BCUT2D eigenvalue weighted by Gasteiger charge is -2.00. The number of hydrazone groups is 1. The molecule has 0 aliphatic carbocycles. The molecule has 0 heterocycles. The minimum absolute atomic E-state index is 0.0466. The highest BCUT2D eigenvalue weighted by Gasteiger charge is 2.08. The summed E-state index contributed by atoms with van der Waals surface area (Å²) in [5.74, 6) is -0.369. The molecule has 1 aromatic rings. The van der Waals surface area contributed by atoms with Gasteiger partial charge in [0.05, 0.1) is 10.6 Å². The first kappa shape index (κ1) is 13.3. The van der Waals surface area contributed by atoms with Gasteiger partial charge in [-0.3, -0.25) is 20.3 Å². The van der Waals surface area contributed by atoms with Gasteiger partial charge >= 0.3 is 0 Å². The molecule has 0 fully saturated rings. The van der Waals surface area contributed by atoms with Gasteiger partial charge in [0.25, 0.3) is 5.69 Å². The van der Waals surface area contributed by atoms with Crippen molar-refractivity contribution >= 4 is 22.9 Å². The fourth-order valence-corrected chi connectivity index (χ4v) is 1.10. The number of rotatable bonds is 5. The van der Waals surface area contributed by atoms with Crippen LogP contribution < -0.4 is 5.43 Å². The van der Waals surface area contributed by atoms with E-state index in [0.29, 0.717) is 5.69 Å². The average Bonchev–Trinajstić information content (AvgIpc) is 2.39. The molecule has 18 heavy (non-hydrogen) atoms. The van der Waals surface area contributed by atoms with Crippen molar-refractivity contribution in [3.63, 3.8) is 0 Å². The fraction of sp³-hybridized carbons (Fsp3) is 0.182. The van der Waals surface area contributed by atoms with Crippen LogP contribution in [0.5, 0.6) is 0 Å². The Balaban J connectivity index is 2.80. The molecule has 0 amide bonds. The summed E-state index contributed by atoms with van der Waals surface area (Å²) in [5.41, 5.74) is 2.68. The van der Waals surface area contributed by atoms with Crippen molar-refractivity contribution in [2.45, 2.75) is 13.3 Å². The van der Waals surface area contributed by atoms with Gasteiger partial charge in [-0.05, 0) is 12.1 Å². The molecular formula is C11H10N4O3. The van der Waals surface area contributed by atoms with Crippen molar-refractivity contribution in [1.29, 1.82) is 5.26 Å². The SMILES string of the molecule is CCC(=O)/C(C#N)=N/Nc1ccc([N+](=O)[O-])cc1. The van der Waals surface area contributed by atoms with Crippen LogP contribution in [0, 0.1) is 21.4 Å². The van der Waals surface area contributed by atoms with Gasteiger partial charge in [-0.2, -0.15) is 10.4 Å². The Hall–Kier alpha value is -2.75. The van der Waals surface area contributed by atoms with Crippen LogP contribution in [0.1, 0.15) is 13.3 Å². The predicted molar refractivity (Wildman–Crippen MR) is 65.1 cm³/mol. The first-order valence-electron chi connectivity index (χ1n) is 5.10. The van der Waals surface area contributed by atoms with E-state index in [0.717, 1.165) is 0 Å². The van der Waals surface area contributed by atoms with E-state index < -0.39 is 4.92 Å². The molecule has 0 aliphatic rings. The van der Waals surface area contributed by atoms with Gasteiger partial charge in [0, 0.05) is 18.6 Å². The third-order valence-electron chi connectivity index (χ3n) is 2.07. The number of hydrogen-bond acceptors (Lipinski definition) is 6. The Morgan fingerprint density at radius 1 is 1.50 bits per heavy atom. The molecule has 0 saturated heterocycles. The molecule has 1 rings (SSSR count). The molecule has 7 heteroatoms. The van der Waals surface area contributed by atoms with Crippen molar-refractivity contribution in [3.05, 3.63) is 34.4 Å². The van der Waals surface area contributed by atoms with E-state index in [1.54, 1.807) is 13.0 Å². The maximum atomic E-state index is 11.2. The van der Waals surface area contributed by atoms with Crippen LogP contribution in [-0.4, -0.2) is 16.4 Å². The first-order chi connectivity index (χ1) is 8.58. The van der Waals surface area contributed by atoms with E-state index in [1.807, 2.05) is 0 Å². The number of anilines is 1. The number of Topliss-reactive ketones (excluding diaryl/α,β-unsaturated/α-hetero) is 1. The summed E-state index contributed by atoms with van der Waals surface area (Å²) < 4.78 is 0. The standard InChI is InChI=1S/C11H10N4O3/c1-2-11(16)10(7-12)14-13-8-3-5-9(6-4-8)15(17)18/h3-6,13H,2H2,1H3/b14-10+. The van der Waals surface area contributed by atoms with Gasteiger partial charge < -0.3 is 0 Å². The van der Waals surface area contributed by atoms with Crippen LogP contribution in [0.2, 0.25) is 0 Å². The predicted octanol–water partition coefficient (Wildman–Crippen LogP) is 1.87. The number of carbonyl (C=O) groups is 1. The summed E-state index contributed by atoms with van der Waals surface area (Å²) in [5, 5.41) is 22.8. The Morgan fingerprint density at radius 3 is 2.56 bits per heavy atom. The summed E-state index contributed by atoms with van der Waals surface area (Å²) >= 11 is 0. The molecule has 7 nitrogen and oxygen atoms in total. The number of nitro benzene ring substituents is 1. The molecule has 0 bridgehead atoms. The molecule has 0 unspecified atom stereocenters. The van der Waals surface area contributed by atoms with E-state index in [4.69, 9.17) is 5.26 Å². The van der Waals surface area contributed by atoms with Crippen LogP contribution in [0.4, 0.5) is 11.4 Å². The monoisotopic (exact) mass is 246 g/mol. The maximum Gasteiger partial charge on any atom is 0.269 e. The van der Waals surface area contributed by atoms with Gasteiger partial charge in [-0.15, -0.1) is 0 Å². The Kier molecular flexibility index (Phi) is 4.51. The number of nitrogens with one attached hydrogen (secondary N) is 1. The van der Waals surface area contributed by atoms with Gasteiger partial charge in [-0.25, -0.2) is 0 Å². The van der Waals surface area contributed by atoms with E-state index in [9.17, 15) is 14.9 Å². The summed E-state index contributed by atoms with van der Waals surface area (Å²) in [6.07, 6.45) is 0.189. The molecule has 0 saturated carbocycles. The summed E-state index contributed by atoms with van der Waals surface area (Å²) in [6.45, 7) is 1.63. The van der Waals surface area contributed by atoms with Gasteiger partial charge in [0.2, 0.25) is 5.71 Å². The number of benzene rings is 1. The normalized spacial score (nSPS) is 10.6. The maximum absolute atomic E-state index is 11.2. The van der Waals surface area contributed by atoms with Crippen molar-refractivity contribution in [2.24, 2.45) is 5.10 Å². The van der Waals surface area contributed by atoms with Gasteiger partial charge in [0.1, 0.15) is 6.07 Å². The number of carbonyl (C=O) groups excluding carboxylic acids is 1. The van der Waals surface area contributed by atoms with E-state index >= 15 is 0 Å². The zero-order chi connectivity index (χ0) is 13.5. The third-order valence-corrected chi connectivity index (χ3v) is 2.07. The minimum atomic E-state index is -0.519. The summed E-state index contributed by atoms with van der Waals surface area (Å²) in [7, 11) is 0. The average molecular weight is 246 g/mol. The number of nitro groups is 1. The molecule has 0 radical (unpaired) electrons. The summed E-state index contributed by atoms with van der Waals surface area (Å²) in [6, 6.07) is 7.15. The number of ketones is 1. The molecule has 0 atom stereocenters. The second-order valence-electron chi connectivity index (χ2n) is 3.26. The van der Waals surface area contributed by atoms with Gasteiger partial charge in [0.15, 0.2) is 5.78 Å². The van der Waals surface area contributed by atoms with Crippen molar-refractivity contribution in [2.75, 3.05) is 5.43 Å². The zero-order valence-corrected chi connectivity index (χ0v) is 9.58. The van der Waals surface area contributed by atoms with Crippen molar-refractivity contribution < 1.29 is 9.72 Å². The molecule has 1 aromatic carbocycles. The molecule has 0 spiro atoms. The number of nitriles is 1. The quantitative estimate of drug-likeness (QED) is 0.484. The molecule has 1 N–H and O–H groups in total. The minimum Gasteiger partial charge on any atom is -0.292 e. The highest BCUT2D eigenvalue weighted by atomic mass is 16.6. The molecule has 0 aliphatic heterocycles. The van der Waals surface area contributed by atoms with E-state index in [1.165, 1.54) is 24.3 Å². The Bertz CT molecular complexity index is 528. The lowest BCUT2D eigenvalue weighted by atomic mass is 10.2. The number of hydrogen-bond donors (Lipinski definition) is 1. The highest BCUT2D eigenvalue weighted by Crippen LogP contribution is 2.15. The first-order valence-corrected chi connectivity index (χ1v) is 5.10. The molecular weight excluding hydrogens is 236 g/mol. The Labute approximate surface area is 103 Å². The topological polar surface area (TPSA) is 108 Å². The van der Waals surface area contributed by atoms with E-state index in [2.05, 4.69) is 10.5 Å². The highest BCUT2D eigenvalue weighted by molar-refractivity contribution is 6.46. The molecule has 92 valence electrons. The number of non-ortho nitro benzene ring substituents is 1. The van der Waals surface area contributed by atoms with Gasteiger partial charge in [-0.1, -0.05) is 6.92 Å². The van der Waals surface area contributed by atoms with Crippen LogP contribution in [0.3, 0.4) is 0 Å². The molecule has 0 aromatic heterocycles. The van der Waals surface area contributed by atoms with Crippen LogP contribution >= 0.6 is 0 Å². The zero-order valence-electron chi connectivity index (χ0n) is 9.58. The van der Waals surface area contributed by atoms with Crippen molar-refractivity contribution in [1.82, 2.24) is 0 Å². The van der Waals surface area contributed by atoms with Crippen LogP contribution in [-0.2, 0) is 4.79 Å². The third kappa shape index (κ3) is 3.38. The fourth-order valence-electron chi connectivity index (χ4n) is 1.10. The van der Waals surface area contributed by atoms with E-state index in [-0.39, 0.29) is 23.6 Å². The van der Waals surface area contributed by atoms with Crippen molar-refractivity contribution in [3.8, 4) is 6.07 Å². The smallest absolute Gasteiger partial charge is 0.269 e. The van der Waals surface area contributed by atoms with Crippen LogP contribution in [0.25, 0.3) is 0 Å². The largest absolute Gasteiger partial charge is 0.292 e. The lowest BCUT2D eigenvalue weighted by molar-refractivity contribution is -0.384. The Morgan fingerprint density at radius 2 is 2.11 bits per heavy atom.